The fourth-order valence-electron chi connectivity index (χ4n) is 9.91. The van der Waals surface area contributed by atoms with Crippen LogP contribution >= 0.6 is 0 Å². The summed E-state index contributed by atoms with van der Waals surface area (Å²) >= 11 is 0. The van der Waals surface area contributed by atoms with Crippen LogP contribution in [-0.2, 0) is 23.9 Å². The number of phenolic OH excluding ortho intramolecular Hbond substituents is 4. The predicted octanol–water partition coefficient (Wildman–Crippen LogP) is 9.21. The topological polar surface area (TPSA) is 136 Å². The molecule has 0 aliphatic carbocycles. The average Bonchev–Trinajstić information content (AvgIpc) is 3.82. The lowest BCUT2D eigenvalue weighted by molar-refractivity contribution is 0.0799. The van der Waals surface area contributed by atoms with Gasteiger partial charge in [-0.2, -0.15) is 0 Å². The van der Waals surface area contributed by atoms with Crippen molar-refractivity contribution in [3.8, 4) is 23.0 Å². The first-order valence-electron chi connectivity index (χ1n) is 19.6. The third-order valence-electron chi connectivity index (χ3n) is 12.6. The molecule has 4 heterocycles. The largest absolute Gasteiger partial charge is 0.508 e. The number of fused-ring (bicyclic) bond motifs is 6. The molecule has 2 atom stereocenters. The Kier molecular flexibility index (Phi) is 7.89. The van der Waals surface area contributed by atoms with E-state index >= 15 is 4.79 Å². The highest BCUT2D eigenvalue weighted by molar-refractivity contribution is 5.91. The van der Waals surface area contributed by atoms with Gasteiger partial charge in [-0.3, -0.25) is 0 Å². The number of aromatic hydroxyl groups is 4. The zero-order valence-electron chi connectivity index (χ0n) is 32.1. The molecule has 9 nitrogen and oxygen atoms in total. The maximum atomic E-state index is 16.6. The van der Waals surface area contributed by atoms with Crippen LogP contribution in [0.25, 0.3) is 21.8 Å². The van der Waals surface area contributed by atoms with Crippen LogP contribution in [0.4, 0.5) is 4.79 Å². The number of H-pyrrole nitrogens is 2. The van der Waals surface area contributed by atoms with Crippen molar-refractivity contribution in [1.82, 2.24) is 19.8 Å². The molecule has 0 bridgehead atoms. The smallest absolute Gasteiger partial charge is 0.322 e. The second kappa shape index (κ2) is 13.0. The van der Waals surface area contributed by atoms with Crippen molar-refractivity contribution < 1.29 is 25.2 Å². The highest BCUT2D eigenvalue weighted by Gasteiger charge is 2.56. The van der Waals surface area contributed by atoms with Gasteiger partial charge < -0.3 is 40.2 Å². The Morgan fingerprint density at radius 1 is 0.517 bits per heavy atom. The molecule has 6 N–H and O–H groups in total. The molecular formula is C49H42N4O5. The third kappa shape index (κ3) is 4.92. The first-order valence-corrected chi connectivity index (χ1v) is 19.6. The number of carbonyl (C=O) groups is 1. The first kappa shape index (κ1) is 35.3. The Morgan fingerprint density at radius 2 is 0.897 bits per heavy atom. The van der Waals surface area contributed by atoms with E-state index in [1.165, 1.54) is 0 Å². The van der Waals surface area contributed by atoms with E-state index in [9.17, 15) is 20.4 Å². The van der Waals surface area contributed by atoms with E-state index in [1.807, 2.05) is 96.4 Å². The number of aryl methyl sites for hydroxylation is 2. The maximum absolute atomic E-state index is 16.6. The molecule has 10 rings (SSSR count). The lowest BCUT2D eigenvalue weighted by Gasteiger charge is -2.54. The van der Waals surface area contributed by atoms with Crippen LogP contribution in [-0.4, -0.2) is 59.3 Å². The number of aromatic amines is 2. The number of nitrogens with one attached hydrogen (secondary N) is 2. The van der Waals surface area contributed by atoms with E-state index in [0.29, 0.717) is 37.1 Å². The van der Waals surface area contributed by atoms with E-state index < -0.39 is 11.1 Å². The molecule has 2 amide bonds. The summed E-state index contributed by atoms with van der Waals surface area (Å²) in [4.78, 5) is 28.1. The van der Waals surface area contributed by atoms with Gasteiger partial charge >= 0.3 is 6.03 Å². The molecular weight excluding hydrogens is 725 g/mol. The number of carbonyl (C=O) groups excluding carboxylic acids is 1. The van der Waals surface area contributed by atoms with E-state index in [1.54, 1.807) is 36.4 Å². The van der Waals surface area contributed by atoms with Crippen molar-refractivity contribution in [2.45, 2.75) is 37.8 Å². The zero-order chi connectivity index (χ0) is 39.9. The predicted molar refractivity (Wildman–Crippen MR) is 224 cm³/mol. The van der Waals surface area contributed by atoms with Crippen LogP contribution in [0.5, 0.6) is 23.0 Å². The maximum Gasteiger partial charge on any atom is 0.322 e. The lowest BCUT2D eigenvalue weighted by atomic mass is 9.72. The van der Waals surface area contributed by atoms with Crippen LogP contribution in [0.1, 0.15) is 55.9 Å². The van der Waals surface area contributed by atoms with E-state index in [4.69, 9.17) is 0 Å². The molecule has 2 unspecified atom stereocenters. The lowest BCUT2D eigenvalue weighted by Crippen LogP contribution is -2.64. The van der Waals surface area contributed by atoms with Crippen LogP contribution in [0.2, 0.25) is 0 Å². The molecule has 8 aromatic rings. The van der Waals surface area contributed by atoms with E-state index in [2.05, 4.69) is 34.2 Å². The molecule has 0 radical (unpaired) electrons. The van der Waals surface area contributed by atoms with Gasteiger partial charge in [-0.1, -0.05) is 72.8 Å². The van der Waals surface area contributed by atoms with Gasteiger partial charge in [-0.05, 0) is 132 Å². The molecule has 0 spiro atoms. The van der Waals surface area contributed by atoms with Crippen molar-refractivity contribution >= 4 is 27.8 Å². The monoisotopic (exact) mass is 766 g/mol. The van der Waals surface area contributed by atoms with Crippen molar-refractivity contribution in [2.75, 3.05) is 13.1 Å². The number of hydrogen-bond acceptors (Lipinski definition) is 5. The Bertz CT molecular complexity index is 2720. The van der Waals surface area contributed by atoms with Crippen molar-refractivity contribution in [1.29, 1.82) is 0 Å². The van der Waals surface area contributed by atoms with Crippen LogP contribution in [0.3, 0.4) is 0 Å². The number of rotatable bonds is 4. The highest BCUT2D eigenvalue weighted by Crippen LogP contribution is 2.53. The number of aromatic nitrogens is 2. The fourth-order valence-corrected chi connectivity index (χ4v) is 9.91. The van der Waals surface area contributed by atoms with Gasteiger partial charge in [-0.25, -0.2) is 4.79 Å². The number of phenols is 4. The Morgan fingerprint density at radius 3 is 1.29 bits per heavy atom. The third-order valence-corrected chi connectivity index (χ3v) is 12.6. The summed E-state index contributed by atoms with van der Waals surface area (Å²) < 4.78 is 0. The van der Waals surface area contributed by atoms with Crippen LogP contribution in [0.15, 0.2) is 133 Å². The molecule has 2 aliphatic heterocycles. The van der Waals surface area contributed by atoms with Gasteiger partial charge in [0, 0.05) is 34.9 Å². The van der Waals surface area contributed by atoms with Gasteiger partial charge in [0.25, 0.3) is 0 Å². The molecule has 2 aromatic heterocycles. The number of para-hydroxylation sites is 2. The molecule has 288 valence electrons. The second-order valence-corrected chi connectivity index (χ2v) is 15.7. The molecule has 0 fully saturated rings. The minimum absolute atomic E-state index is 0.0998. The molecule has 0 saturated heterocycles. The van der Waals surface area contributed by atoms with Gasteiger partial charge in [0.05, 0.1) is 11.4 Å². The Balaban J connectivity index is 1.30. The van der Waals surface area contributed by atoms with Gasteiger partial charge in [0.1, 0.15) is 34.1 Å². The zero-order valence-corrected chi connectivity index (χ0v) is 32.1. The summed E-state index contributed by atoms with van der Waals surface area (Å²) in [6, 6.07) is 41.3. The van der Waals surface area contributed by atoms with Gasteiger partial charge in [0.15, 0.2) is 0 Å². The fraction of sp³-hybridized carbons (Fsp3) is 0.163. The Labute approximate surface area is 335 Å². The summed E-state index contributed by atoms with van der Waals surface area (Å²) in [5.74, 6) is 0.490. The number of nitrogens with zero attached hydrogens (tertiary/aromatic N) is 2. The minimum atomic E-state index is -1.26. The summed E-state index contributed by atoms with van der Waals surface area (Å²) in [7, 11) is 0. The normalized spacial score (nSPS) is 19.0. The average molecular weight is 767 g/mol. The SMILES string of the molecule is Cc1cc(C2(c3ccc(O)cc3)c3[nH]c4ccccc4c3CCN2C(=O)N2CCc3c([nH]c4ccccc34)C2(c2ccc(O)cc2)c2ccc(O)c(C)c2)ccc1O. The molecule has 9 heteroatoms. The van der Waals surface area contributed by atoms with E-state index in [-0.39, 0.29) is 29.0 Å². The van der Waals surface area contributed by atoms with Crippen molar-refractivity contribution in [3.05, 3.63) is 189 Å². The quantitative estimate of drug-likeness (QED) is 0.106. The molecule has 0 saturated carbocycles. The molecule has 2 aliphatic rings. The van der Waals surface area contributed by atoms with Crippen LogP contribution < -0.4 is 0 Å². The summed E-state index contributed by atoms with van der Waals surface area (Å²) in [6.07, 6.45) is 1.13. The number of urea groups is 1. The summed E-state index contributed by atoms with van der Waals surface area (Å²) in [5.41, 5.74) is 7.60. The standard InChI is InChI=1S/C49H42N4O5/c1-29-27-33(15-21-43(29)56)48(31-11-17-35(54)18-12-31)45-39(37-7-3-5-9-41(37)50-45)23-25-52(48)47(58)53-26-24-40-38-8-4-6-10-42(38)51-46(40)49(53,32-13-19-36(55)20-14-32)34-16-22-44(57)30(2)28-34/h3-22,27-28,50-51,54-57H,23-26H2,1-2H3. The highest BCUT2D eigenvalue weighted by atomic mass is 16.3. The summed E-state index contributed by atoms with van der Waals surface area (Å²) in [6.45, 7) is 4.39. The van der Waals surface area contributed by atoms with Crippen molar-refractivity contribution in [2.24, 2.45) is 0 Å². The molecule has 58 heavy (non-hydrogen) atoms. The number of hydrogen-bond donors (Lipinski definition) is 6. The second-order valence-electron chi connectivity index (χ2n) is 15.7. The summed E-state index contributed by atoms with van der Waals surface area (Å²) in [5, 5.41) is 45.2. The van der Waals surface area contributed by atoms with Gasteiger partial charge in [-0.15, -0.1) is 0 Å². The van der Waals surface area contributed by atoms with Crippen LogP contribution in [0, 0.1) is 13.8 Å². The van der Waals surface area contributed by atoms with Gasteiger partial charge in [0.2, 0.25) is 0 Å². The minimum Gasteiger partial charge on any atom is -0.508 e. The Hall–Kier alpha value is -7.13. The number of benzene rings is 6. The first-order chi connectivity index (χ1) is 28.1. The van der Waals surface area contributed by atoms with Crippen molar-refractivity contribution in [3.63, 3.8) is 0 Å². The number of amides is 2. The molecule has 6 aromatic carbocycles. The van der Waals surface area contributed by atoms with E-state index in [0.717, 1.165) is 66.6 Å².